The van der Waals surface area contributed by atoms with E-state index in [9.17, 15) is 0 Å². The summed E-state index contributed by atoms with van der Waals surface area (Å²) in [6.45, 7) is 3.09. The zero-order valence-corrected chi connectivity index (χ0v) is 10.3. The number of aryl methyl sites for hydroxylation is 2. The van der Waals surface area contributed by atoms with Gasteiger partial charge in [-0.1, -0.05) is 0 Å². The Hall–Kier alpha value is -1.68. The van der Waals surface area contributed by atoms with Crippen molar-refractivity contribution in [2.45, 2.75) is 19.8 Å². The lowest BCUT2D eigenvalue weighted by Crippen LogP contribution is -2.08. The average Bonchev–Trinajstić information content (AvgIpc) is 2.78. The van der Waals surface area contributed by atoms with Crippen molar-refractivity contribution in [2.24, 2.45) is 0 Å². The zero-order valence-electron chi connectivity index (χ0n) is 10.3. The molecule has 0 saturated heterocycles. The summed E-state index contributed by atoms with van der Waals surface area (Å²) in [7, 11) is 1.97. The summed E-state index contributed by atoms with van der Waals surface area (Å²) < 4.78 is 1.84. The van der Waals surface area contributed by atoms with Gasteiger partial charge in [0.2, 0.25) is 0 Å². The largest absolute Gasteiger partial charge is 0.320 e. The highest BCUT2D eigenvalue weighted by Gasteiger charge is 2.01. The quantitative estimate of drug-likeness (QED) is 0.795. The first-order valence-corrected chi connectivity index (χ1v) is 5.91. The molecule has 0 fully saturated rings. The molecule has 0 saturated carbocycles. The van der Waals surface area contributed by atoms with E-state index in [0.717, 1.165) is 25.2 Å². The smallest absolute Gasteiger partial charge is 0.153 e. The third kappa shape index (κ3) is 3.14. The topological polar surface area (TPSA) is 42.7 Å². The molecule has 0 spiro atoms. The fraction of sp³-hybridized carbons (Fsp3) is 0.385. The van der Waals surface area contributed by atoms with Gasteiger partial charge in [-0.25, -0.2) is 9.67 Å². The minimum absolute atomic E-state index is 0.880. The normalized spacial score (nSPS) is 10.7. The van der Waals surface area contributed by atoms with Crippen LogP contribution in [-0.2, 0) is 6.42 Å². The molecule has 1 N–H and O–H groups in total. The van der Waals surface area contributed by atoms with E-state index in [1.807, 2.05) is 36.3 Å². The fourth-order valence-electron chi connectivity index (χ4n) is 1.73. The van der Waals surface area contributed by atoms with Gasteiger partial charge in [0.05, 0.1) is 6.20 Å². The molecular weight excluding hydrogens is 212 g/mol. The lowest BCUT2D eigenvalue weighted by Gasteiger charge is -2.00. The first kappa shape index (κ1) is 11.8. The highest BCUT2D eigenvalue weighted by Crippen LogP contribution is 2.08. The molecule has 0 aromatic carbocycles. The number of nitrogens with one attached hydrogen (secondary N) is 1. The van der Waals surface area contributed by atoms with Gasteiger partial charge in [0, 0.05) is 12.4 Å². The summed E-state index contributed by atoms with van der Waals surface area (Å²) in [6.07, 6.45) is 7.96. The molecule has 2 aromatic rings. The van der Waals surface area contributed by atoms with Gasteiger partial charge in [0.25, 0.3) is 0 Å². The SMILES string of the molecule is CNCCCc1cnn(-c2cc(C)ccn2)c1. The van der Waals surface area contributed by atoms with E-state index in [0.29, 0.717) is 0 Å². The first-order valence-electron chi connectivity index (χ1n) is 5.91. The van der Waals surface area contributed by atoms with Gasteiger partial charge in [-0.3, -0.25) is 0 Å². The van der Waals surface area contributed by atoms with E-state index >= 15 is 0 Å². The second kappa shape index (κ2) is 5.59. The van der Waals surface area contributed by atoms with Crippen LogP contribution in [0.5, 0.6) is 0 Å². The molecule has 4 heteroatoms. The summed E-state index contributed by atoms with van der Waals surface area (Å²) in [5, 5.41) is 7.48. The second-order valence-corrected chi connectivity index (χ2v) is 4.19. The summed E-state index contributed by atoms with van der Waals surface area (Å²) in [6, 6.07) is 4.02. The predicted octanol–water partition coefficient (Wildman–Crippen LogP) is 1.73. The maximum atomic E-state index is 4.34. The Bertz CT molecular complexity index is 476. The Balaban J connectivity index is 2.07. The van der Waals surface area contributed by atoms with Gasteiger partial charge < -0.3 is 5.32 Å². The molecule has 17 heavy (non-hydrogen) atoms. The van der Waals surface area contributed by atoms with Gasteiger partial charge in [-0.15, -0.1) is 0 Å². The molecule has 0 amide bonds. The van der Waals surface area contributed by atoms with Crippen molar-refractivity contribution in [3.63, 3.8) is 0 Å². The Labute approximate surface area is 102 Å². The first-order chi connectivity index (χ1) is 8.29. The molecule has 0 unspecified atom stereocenters. The minimum Gasteiger partial charge on any atom is -0.320 e. The minimum atomic E-state index is 0.880. The van der Waals surface area contributed by atoms with Gasteiger partial charge >= 0.3 is 0 Å². The van der Waals surface area contributed by atoms with Crippen molar-refractivity contribution in [3.05, 3.63) is 41.9 Å². The molecule has 90 valence electrons. The van der Waals surface area contributed by atoms with E-state index in [-0.39, 0.29) is 0 Å². The molecule has 0 aliphatic heterocycles. The van der Waals surface area contributed by atoms with E-state index in [4.69, 9.17) is 0 Å². The molecule has 0 bridgehead atoms. The van der Waals surface area contributed by atoms with Crippen molar-refractivity contribution in [3.8, 4) is 5.82 Å². The zero-order chi connectivity index (χ0) is 12.1. The molecule has 4 nitrogen and oxygen atoms in total. The van der Waals surface area contributed by atoms with E-state index < -0.39 is 0 Å². The van der Waals surface area contributed by atoms with Crippen LogP contribution in [0.2, 0.25) is 0 Å². The fourth-order valence-corrected chi connectivity index (χ4v) is 1.73. The van der Waals surface area contributed by atoms with Crippen molar-refractivity contribution < 1.29 is 0 Å². The molecule has 0 radical (unpaired) electrons. The Morgan fingerprint density at radius 3 is 3.06 bits per heavy atom. The van der Waals surface area contributed by atoms with Crippen molar-refractivity contribution in [2.75, 3.05) is 13.6 Å². The van der Waals surface area contributed by atoms with Gasteiger partial charge in [-0.2, -0.15) is 5.10 Å². The van der Waals surface area contributed by atoms with Crippen LogP contribution in [0.25, 0.3) is 5.82 Å². The van der Waals surface area contributed by atoms with E-state index in [2.05, 4.69) is 28.5 Å². The molecule has 2 aromatic heterocycles. The Morgan fingerprint density at radius 2 is 2.29 bits per heavy atom. The maximum absolute atomic E-state index is 4.34. The van der Waals surface area contributed by atoms with Crippen LogP contribution >= 0.6 is 0 Å². The maximum Gasteiger partial charge on any atom is 0.153 e. The van der Waals surface area contributed by atoms with Crippen molar-refractivity contribution in [1.82, 2.24) is 20.1 Å². The van der Waals surface area contributed by atoms with Crippen LogP contribution in [0.15, 0.2) is 30.7 Å². The van der Waals surface area contributed by atoms with Crippen molar-refractivity contribution in [1.29, 1.82) is 0 Å². The standard InChI is InChI=1S/C13H18N4/c1-11-5-7-15-13(8-11)17-10-12(9-16-17)4-3-6-14-2/h5,7-10,14H,3-4,6H2,1-2H3. The van der Waals surface area contributed by atoms with Crippen LogP contribution < -0.4 is 5.32 Å². The molecule has 2 heterocycles. The monoisotopic (exact) mass is 230 g/mol. The predicted molar refractivity (Wildman–Crippen MR) is 68.3 cm³/mol. The van der Waals surface area contributed by atoms with Crippen LogP contribution in [0, 0.1) is 6.92 Å². The number of aromatic nitrogens is 3. The number of nitrogens with zero attached hydrogens (tertiary/aromatic N) is 3. The third-order valence-electron chi connectivity index (χ3n) is 2.66. The van der Waals surface area contributed by atoms with Crippen molar-refractivity contribution >= 4 is 0 Å². The van der Waals surface area contributed by atoms with Gasteiger partial charge in [0.1, 0.15) is 0 Å². The highest BCUT2D eigenvalue weighted by molar-refractivity contribution is 5.27. The van der Waals surface area contributed by atoms with Crippen LogP contribution in [0.3, 0.4) is 0 Å². The summed E-state index contributed by atoms with van der Waals surface area (Å²) in [4.78, 5) is 4.31. The van der Waals surface area contributed by atoms with Gasteiger partial charge in [0.15, 0.2) is 5.82 Å². The lowest BCUT2D eigenvalue weighted by molar-refractivity contribution is 0.724. The number of rotatable bonds is 5. The molecular formula is C13H18N4. The highest BCUT2D eigenvalue weighted by atomic mass is 15.3. The lowest BCUT2D eigenvalue weighted by atomic mass is 10.2. The Kier molecular flexibility index (Phi) is 3.88. The number of hydrogen-bond acceptors (Lipinski definition) is 3. The Morgan fingerprint density at radius 1 is 1.41 bits per heavy atom. The summed E-state index contributed by atoms with van der Waals surface area (Å²) in [5.41, 5.74) is 2.45. The van der Waals surface area contributed by atoms with E-state index in [1.165, 1.54) is 11.1 Å². The van der Waals surface area contributed by atoms with Crippen LogP contribution in [0.4, 0.5) is 0 Å². The number of hydrogen-bond donors (Lipinski definition) is 1. The molecule has 0 atom stereocenters. The van der Waals surface area contributed by atoms with E-state index in [1.54, 1.807) is 0 Å². The van der Waals surface area contributed by atoms with Crippen LogP contribution in [-0.4, -0.2) is 28.4 Å². The molecule has 0 aliphatic rings. The summed E-state index contributed by atoms with van der Waals surface area (Å²) >= 11 is 0. The molecule has 2 rings (SSSR count). The van der Waals surface area contributed by atoms with Crippen LogP contribution in [0.1, 0.15) is 17.5 Å². The average molecular weight is 230 g/mol. The van der Waals surface area contributed by atoms with Gasteiger partial charge in [-0.05, 0) is 56.6 Å². The number of pyridine rings is 1. The second-order valence-electron chi connectivity index (χ2n) is 4.19. The third-order valence-corrected chi connectivity index (χ3v) is 2.66. The molecule has 0 aliphatic carbocycles. The summed E-state index contributed by atoms with van der Waals surface area (Å²) in [5.74, 6) is 0.880.